The number of rotatable bonds is 12. The van der Waals surface area contributed by atoms with Crippen LogP contribution in [0.1, 0.15) is 137 Å². The van der Waals surface area contributed by atoms with Crippen LogP contribution in [0.2, 0.25) is 0 Å². The van der Waals surface area contributed by atoms with Crippen LogP contribution in [0.3, 0.4) is 0 Å². The van der Waals surface area contributed by atoms with E-state index in [9.17, 15) is 0 Å². The Balaban J connectivity index is 2.41. The Labute approximate surface area is 212 Å². The Kier molecular flexibility index (Phi) is 9.48. The van der Waals surface area contributed by atoms with Gasteiger partial charge < -0.3 is 0 Å². The molecule has 0 nitrogen and oxygen atoms in total. The molecule has 0 heterocycles. The van der Waals surface area contributed by atoms with Crippen molar-refractivity contribution in [2.75, 3.05) is 0 Å². The van der Waals surface area contributed by atoms with Crippen LogP contribution in [0.4, 0.5) is 0 Å². The molecule has 0 radical (unpaired) electrons. The third kappa shape index (κ3) is 5.03. The van der Waals surface area contributed by atoms with Gasteiger partial charge in [-0.1, -0.05) is 122 Å². The summed E-state index contributed by atoms with van der Waals surface area (Å²) in [6.45, 7) is 16.9. The van der Waals surface area contributed by atoms with Crippen molar-refractivity contribution in [3.8, 4) is 0 Å². The van der Waals surface area contributed by atoms with Crippen molar-refractivity contribution in [3.63, 3.8) is 0 Å². The monoisotopic (exact) mass is 460 g/mol. The van der Waals surface area contributed by atoms with Gasteiger partial charge >= 0.3 is 0 Å². The quantitative estimate of drug-likeness (QED) is 0.291. The largest absolute Gasteiger partial charge is 0.0787 e. The highest BCUT2D eigenvalue weighted by Gasteiger charge is 2.55. The maximum Gasteiger partial charge on any atom is 0.0456 e. The molecule has 1 atom stereocenters. The molecule has 0 aliphatic heterocycles. The summed E-state index contributed by atoms with van der Waals surface area (Å²) in [5.41, 5.74) is 10.5. The van der Waals surface area contributed by atoms with Crippen LogP contribution < -0.4 is 0 Å². The van der Waals surface area contributed by atoms with Gasteiger partial charge in [-0.05, 0) is 85.0 Å². The predicted molar refractivity (Wildman–Crippen MR) is 152 cm³/mol. The number of hydrogen-bond donors (Lipinski definition) is 0. The first-order valence-electron chi connectivity index (χ1n) is 14.6. The molecular weight excluding hydrogens is 408 g/mol. The van der Waals surface area contributed by atoms with E-state index in [0.717, 1.165) is 0 Å². The Hall–Kier alpha value is -1.56. The molecule has 0 fully saturated rings. The topological polar surface area (TPSA) is 0 Å². The molecule has 0 N–H and O–H groups in total. The first-order chi connectivity index (χ1) is 16.4. The van der Waals surface area contributed by atoms with Gasteiger partial charge in [-0.25, -0.2) is 0 Å². The lowest BCUT2D eigenvalue weighted by Crippen LogP contribution is -2.45. The number of benzene rings is 1. The minimum Gasteiger partial charge on any atom is -0.0787 e. The Morgan fingerprint density at radius 2 is 1.15 bits per heavy atom. The van der Waals surface area contributed by atoms with E-state index in [-0.39, 0.29) is 10.8 Å². The van der Waals surface area contributed by atoms with Crippen LogP contribution in [0.15, 0.2) is 52.6 Å². The Bertz CT molecular complexity index is 862. The van der Waals surface area contributed by atoms with Crippen LogP contribution in [0, 0.1) is 11.3 Å². The fourth-order valence-electron chi connectivity index (χ4n) is 6.89. The lowest BCUT2D eigenvalue weighted by atomic mass is 9.52. The number of fused-ring (bicyclic) bond motifs is 2. The van der Waals surface area contributed by atoms with E-state index in [1.807, 2.05) is 11.1 Å². The lowest BCUT2D eigenvalue weighted by Gasteiger charge is -2.50. The summed E-state index contributed by atoms with van der Waals surface area (Å²) >= 11 is 0. The molecule has 0 bridgehead atoms. The third-order valence-corrected chi connectivity index (χ3v) is 8.42. The molecule has 2 aliphatic rings. The summed E-state index contributed by atoms with van der Waals surface area (Å²) in [5.74, 6) is 0.504. The molecule has 1 unspecified atom stereocenters. The van der Waals surface area contributed by atoms with E-state index < -0.39 is 0 Å². The van der Waals surface area contributed by atoms with Crippen LogP contribution in [-0.4, -0.2) is 0 Å². The fraction of sp³-hybridized carbons (Fsp3) is 0.647. The van der Waals surface area contributed by atoms with Crippen molar-refractivity contribution in [2.24, 2.45) is 11.3 Å². The summed E-state index contributed by atoms with van der Waals surface area (Å²) in [6, 6.07) is 9.42. The second-order valence-corrected chi connectivity index (χ2v) is 11.9. The molecule has 3 rings (SSSR count). The highest BCUT2D eigenvalue weighted by Crippen LogP contribution is 2.63. The molecule has 2 aliphatic carbocycles. The maximum atomic E-state index is 2.61. The molecule has 0 heteroatoms. The summed E-state index contributed by atoms with van der Waals surface area (Å²) in [5, 5.41) is 0. The van der Waals surface area contributed by atoms with Crippen LogP contribution >= 0.6 is 0 Å². The van der Waals surface area contributed by atoms with Gasteiger partial charge in [0.2, 0.25) is 0 Å². The second-order valence-electron chi connectivity index (χ2n) is 11.9. The van der Waals surface area contributed by atoms with E-state index in [1.54, 1.807) is 16.7 Å². The van der Waals surface area contributed by atoms with Gasteiger partial charge in [-0.2, -0.15) is 0 Å². The molecule has 188 valence electrons. The molecule has 1 spiro atoms. The first kappa shape index (κ1) is 27.0. The van der Waals surface area contributed by atoms with Gasteiger partial charge in [0, 0.05) is 5.41 Å². The molecule has 0 saturated heterocycles. The van der Waals surface area contributed by atoms with Crippen molar-refractivity contribution in [2.45, 2.75) is 131 Å². The second kappa shape index (κ2) is 11.9. The van der Waals surface area contributed by atoms with Gasteiger partial charge in [0.25, 0.3) is 0 Å². The van der Waals surface area contributed by atoms with Crippen LogP contribution in [-0.2, 0) is 5.41 Å². The average molecular weight is 461 g/mol. The average Bonchev–Trinajstić information content (AvgIpc) is 3.06. The summed E-state index contributed by atoms with van der Waals surface area (Å²) in [6.07, 6.45) is 20.5. The first-order valence-corrected chi connectivity index (χ1v) is 14.6. The van der Waals surface area contributed by atoms with E-state index in [4.69, 9.17) is 0 Å². The van der Waals surface area contributed by atoms with Crippen molar-refractivity contribution >= 4 is 6.08 Å². The van der Waals surface area contributed by atoms with Crippen LogP contribution in [0.25, 0.3) is 6.08 Å². The van der Waals surface area contributed by atoms with E-state index in [0.29, 0.717) is 5.92 Å². The van der Waals surface area contributed by atoms with E-state index in [2.05, 4.69) is 84.9 Å². The van der Waals surface area contributed by atoms with Gasteiger partial charge in [0.05, 0.1) is 0 Å². The summed E-state index contributed by atoms with van der Waals surface area (Å²) in [7, 11) is 0. The van der Waals surface area contributed by atoms with Gasteiger partial charge in [-0.15, -0.1) is 0 Å². The van der Waals surface area contributed by atoms with Crippen molar-refractivity contribution in [1.29, 1.82) is 0 Å². The normalized spacial score (nSPS) is 19.4. The molecule has 1 aromatic rings. The SMILES string of the molecule is CCCCC1=C(CCCC)C2(C(CCCC)=C1CCCC)c1ccccc1C=CC2C(C)(C)C. The Morgan fingerprint density at radius 1 is 0.676 bits per heavy atom. The summed E-state index contributed by atoms with van der Waals surface area (Å²) < 4.78 is 0. The minimum atomic E-state index is 0.0556. The smallest absolute Gasteiger partial charge is 0.0456 e. The zero-order valence-electron chi connectivity index (χ0n) is 23.5. The maximum absolute atomic E-state index is 2.61. The zero-order chi connectivity index (χ0) is 24.8. The van der Waals surface area contributed by atoms with E-state index in [1.165, 1.54) is 82.6 Å². The molecule has 0 amide bonds. The fourth-order valence-corrected chi connectivity index (χ4v) is 6.89. The zero-order valence-corrected chi connectivity index (χ0v) is 23.5. The third-order valence-electron chi connectivity index (χ3n) is 8.42. The molecule has 0 aromatic heterocycles. The molecular formula is C34H52. The molecule has 1 aromatic carbocycles. The van der Waals surface area contributed by atoms with Gasteiger partial charge in [0.1, 0.15) is 0 Å². The van der Waals surface area contributed by atoms with Crippen molar-refractivity contribution < 1.29 is 0 Å². The van der Waals surface area contributed by atoms with Gasteiger partial charge in [0.15, 0.2) is 0 Å². The number of unbranched alkanes of at least 4 members (excludes halogenated alkanes) is 4. The standard InChI is InChI=1S/C34H52/c1-8-12-19-27-28(20-13-9-2)31(22-15-11-4)34(30(27)21-14-10-3)29-23-17-16-18-26(29)24-25-32(34)33(5,6)7/h16-18,23-25,32H,8-15,19-22H2,1-7H3. The lowest BCUT2D eigenvalue weighted by molar-refractivity contribution is 0.211. The predicted octanol–water partition coefficient (Wildman–Crippen LogP) is 11.0. The van der Waals surface area contributed by atoms with Crippen molar-refractivity contribution in [3.05, 3.63) is 63.8 Å². The highest BCUT2D eigenvalue weighted by molar-refractivity contribution is 5.72. The highest BCUT2D eigenvalue weighted by atomic mass is 14.6. The van der Waals surface area contributed by atoms with Crippen LogP contribution in [0.5, 0.6) is 0 Å². The minimum absolute atomic E-state index is 0.0556. The summed E-state index contributed by atoms with van der Waals surface area (Å²) in [4.78, 5) is 0. The molecule has 34 heavy (non-hydrogen) atoms. The van der Waals surface area contributed by atoms with Gasteiger partial charge in [-0.3, -0.25) is 0 Å². The Morgan fingerprint density at radius 3 is 1.62 bits per heavy atom. The van der Waals surface area contributed by atoms with Crippen molar-refractivity contribution in [1.82, 2.24) is 0 Å². The number of hydrogen-bond acceptors (Lipinski definition) is 0. The molecule has 0 saturated carbocycles. The number of allylic oxidation sites excluding steroid dienone is 5. The van der Waals surface area contributed by atoms with E-state index >= 15 is 0 Å².